The van der Waals surface area contributed by atoms with E-state index in [1.165, 1.54) is 6.92 Å². The summed E-state index contributed by atoms with van der Waals surface area (Å²) in [6.07, 6.45) is 0. The number of nitrogens with one attached hydrogen (secondary N) is 2. The average Bonchev–Trinajstić information content (AvgIpc) is 2.53. The first kappa shape index (κ1) is 18.0. The van der Waals surface area contributed by atoms with Gasteiger partial charge in [0.15, 0.2) is 6.61 Å². The molecule has 2 aromatic rings. The van der Waals surface area contributed by atoms with Crippen LogP contribution in [0.5, 0.6) is 5.75 Å². The predicted molar refractivity (Wildman–Crippen MR) is 96.9 cm³/mol. The van der Waals surface area contributed by atoms with E-state index in [2.05, 4.69) is 26.6 Å². The zero-order valence-electron chi connectivity index (χ0n) is 13.5. The first-order chi connectivity index (χ1) is 11.5. The van der Waals surface area contributed by atoms with Crippen LogP contribution in [0.15, 0.2) is 53.0 Å². The van der Waals surface area contributed by atoms with Crippen LogP contribution in [0.3, 0.4) is 0 Å². The van der Waals surface area contributed by atoms with Crippen molar-refractivity contribution in [1.82, 2.24) is 5.32 Å². The second kappa shape index (κ2) is 8.49. The van der Waals surface area contributed by atoms with Crippen LogP contribution in [0.4, 0.5) is 5.69 Å². The minimum absolute atomic E-state index is 0.0989. The normalized spacial score (nSPS) is 11.5. The molecule has 0 aromatic heterocycles. The van der Waals surface area contributed by atoms with Gasteiger partial charge < -0.3 is 15.4 Å². The van der Waals surface area contributed by atoms with Crippen molar-refractivity contribution >= 4 is 33.4 Å². The van der Waals surface area contributed by atoms with Gasteiger partial charge in [0.1, 0.15) is 5.75 Å². The molecule has 2 amide bonds. The molecule has 5 nitrogen and oxygen atoms in total. The van der Waals surface area contributed by atoms with Crippen molar-refractivity contribution in [2.45, 2.75) is 19.9 Å². The minimum Gasteiger partial charge on any atom is -0.484 e. The lowest BCUT2D eigenvalue weighted by Gasteiger charge is -2.16. The summed E-state index contributed by atoms with van der Waals surface area (Å²) in [7, 11) is 0. The highest BCUT2D eigenvalue weighted by Crippen LogP contribution is 2.22. The maximum Gasteiger partial charge on any atom is 0.258 e. The lowest BCUT2D eigenvalue weighted by atomic mass is 10.1. The number of halogens is 1. The number of anilines is 1. The van der Waals surface area contributed by atoms with Crippen LogP contribution >= 0.6 is 15.9 Å². The summed E-state index contributed by atoms with van der Waals surface area (Å²) in [6, 6.07) is 14.5. The van der Waals surface area contributed by atoms with Gasteiger partial charge in [0.2, 0.25) is 5.91 Å². The monoisotopic (exact) mass is 390 g/mol. The smallest absolute Gasteiger partial charge is 0.258 e. The third-order valence-corrected chi connectivity index (χ3v) is 4.00. The Bertz CT molecular complexity index is 734. The maximum atomic E-state index is 12.1. The number of hydrogen-bond donors (Lipinski definition) is 2. The van der Waals surface area contributed by atoms with E-state index >= 15 is 0 Å². The molecule has 1 unspecified atom stereocenters. The molecular formula is C18H19BrN2O3. The molecule has 2 rings (SSSR count). The number of rotatable bonds is 6. The van der Waals surface area contributed by atoms with E-state index in [1.807, 2.05) is 31.2 Å². The fourth-order valence-electron chi connectivity index (χ4n) is 2.20. The summed E-state index contributed by atoms with van der Waals surface area (Å²) in [5.74, 6) is 0.139. The molecule has 0 fully saturated rings. The molecule has 0 radical (unpaired) electrons. The average molecular weight is 391 g/mol. The summed E-state index contributed by atoms with van der Waals surface area (Å²) in [5.41, 5.74) is 1.63. The molecule has 6 heteroatoms. The van der Waals surface area contributed by atoms with Crippen molar-refractivity contribution in [3.8, 4) is 5.75 Å². The number of carbonyl (C=O) groups is 2. The van der Waals surface area contributed by atoms with Crippen LogP contribution in [-0.2, 0) is 9.59 Å². The van der Waals surface area contributed by atoms with Gasteiger partial charge in [-0.1, -0.05) is 40.2 Å². The summed E-state index contributed by atoms with van der Waals surface area (Å²) in [4.78, 5) is 23.1. The van der Waals surface area contributed by atoms with E-state index in [4.69, 9.17) is 4.74 Å². The Labute approximate surface area is 149 Å². The molecule has 126 valence electrons. The van der Waals surface area contributed by atoms with Crippen molar-refractivity contribution < 1.29 is 14.3 Å². The third kappa shape index (κ3) is 5.38. The molecule has 0 spiro atoms. The van der Waals surface area contributed by atoms with Crippen LogP contribution in [0, 0.1) is 0 Å². The molecule has 2 N–H and O–H groups in total. The number of carbonyl (C=O) groups excluding carboxylic acids is 2. The predicted octanol–water partition coefficient (Wildman–Crippen LogP) is 3.66. The second-order valence-corrected chi connectivity index (χ2v) is 6.16. The standard InChI is InChI=1S/C18H19BrN2O3/c1-12(16-8-3-4-9-17(16)19)20-18(23)11-24-15-7-5-6-14(10-15)21-13(2)22/h3-10,12H,11H2,1-2H3,(H,20,23)(H,21,22). The van der Waals surface area contributed by atoms with Gasteiger partial charge in [0, 0.05) is 23.2 Å². The molecule has 0 aliphatic carbocycles. The van der Waals surface area contributed by atoms with Gasteiger partial charge in [0.25, 0.3) is 5.91 Å². The van der Waals surface area contributed by atoms with Gasteiger partial charge in [-0.25, -0.2) is 0 Å². The molecule has 0 saturated heterocycles. The van der Waals surface area contributed by atoms with Crippen LogP contribution < -0.4 is 15.4 Å². The molecule has 0 saturated carbocycles. The Morgan fingerprint density at radius 2 is 1.92 bits per heavy atom. The third-order valence-electron chi connectivity index (χ3n) is 3.27. The van der Waals surface area contributed by atoms with Gasteiger partial charge >= 0.3 is 0 Å². The summed E-state index contributed by atoms with van der Waals surface area (Å²) in [6.45, 7) is 3.25. The minimum atomic E-state index is -0.219. The SMILES string of the molecule is CC(=O)Nc1cccc(OCC(=O)NC(C)c2ccccc2Br)c1. The molecule has 2 aromatic carbocycles. The first-order valence-corrected chi connectivity index (χ1v) is 8.29. The van der Waals surface area contributed by atoms with E-state index in [1.54, 1.807) is 24.3 Å². The van der Waals surface area contributed by atoms with Crippen molar-refractivity contribution in [3.63, 3.8) is 0 Å². The fourth-order valence-corrected chi connectivity index (χ4v) is 2.83. The molecule has 1 atom stereocenters. The van der Waals surface area contributed by atoms with E-state index in [-0.39, 0.29) is 24.5 Å². The van der Waals surface area contributed by atoms with E-state index in [9.17, 15) is 9.59 Å². The number of hydrogen-bond acceptors (Lipinski definition) is 3. The Morgan fingerprint density at radius 3 is 2.62 bits per heavy atom. The number of benzene rings is 2. The molecule has 0 heterocycles. The molecular weight excluding hydrogens is 372 g/mol. The lowest BCUT2D eigenvalue weighted by molar-refractivity contribution is -0.123. The highest BCUT2D eigenvalue weighted by molar-refractivity contribution is 9.10. The number of amides is 2. The maximum absolute atomic E-state index is 12.1. The quantitative estimate of drug-likeness (QED) is 0.790. The zero-order valence-corrected chi connectivity index (χ0v) is 15.1. The highest BCUT2D eigenvalue weighted by Gasteiger charge is 2.12. The van der Waals surface area contributed by atoms with Crippen molar-refractivity contribution in [2.24, 2.45) is 0 Å². The highest BCUT2D eigenvalue weighted by atomic mass is 79.9. The van der Waals surface area contributed by atoms with Crippen LogP contribution in [0.2, 0.25) is 0 Å². The summed E-state index contributed by atoms with van der Waals surface area (Å²) < 4.78 is 6.43. The Balaban J connectivity index is 1.89. The van der Waals surface area contributed by atoms with Crippen LogP contribution in [0.25, 0.3) is 0 Å². The van der Waals surface area contributed by atoms with E-state index in [0.717, 1.165) is 10.0 Å². The van der Waals surface area contributed by atoms with E-state index < -0.39 is 0 Å². The van der Waals surface area contributed by atoms with Gasteiger partial charge in [-0.15, -0.1) is 0 Å². The summed E-state index contributed by atoms with van der Waals surface area (Å²) in [5, 5.41) is 5.56. The van der Waals surface area contributed by atoms with E-state index in [0.29, 0.717) is 11.4 Å². The Hall–Kier alpha value is -2.34. The fraction of sp³-hybridized carbons (Fsp3) is 0.222. The number of ether oxygens (including phenoxy) is 1. The van der Waals surface area contributed by atoms with Gasteiger partial charge in [-0.3, -0.25) is 9.59 Å². The van der Waals surface area contributed by atoms with Crippen LogP contribution in [0.1, 0.15) is 25.5 Å². The lowest BCUT2D eigenvalue weighted by Crippen LogP contribution is -2.31. The Morgan fingerprint density at radius 1 is 1.17 bits per heavy atom. The van der Waals surface area contributed by atoms with Gasteiger partial charge in [-0.05, 0) is 30.7 Å². The topological polar surface area (TPSA) is 67.4 Å². The van der Waals surface area contributed by atoms with Crippen molar-refractivity contribution in [2.75, 3.05) is 11.9 Å². The molecule has 0 aliphatic rings. The Kier molecular flexibility index (Phi) is 6.37. The molecule has 0 bridgehead atoms. The van der Waals surface area contributed by atoms with Crippen LogP contribution in [-0.4, -0.2) is 18.4 Å². The first-order valence-electron chi connectivity index (χ1n) is 7.50. The largest absolute Gasteiger partial charge is 0.484 e. The molecule has 24 heavy (non-hydrogen) atoms. The van der Waals surface area contributed by atoms with Crippen molar-refractivity contribution in [1.29, 1.82) is 0 Å². The van der Waals surface area contributed by atoms with Crippen molar-refractivity contribution in [3.05, 3.63) is 58.6 Å². The van der Waals surface area contributed by atoms with Gasteiger partial charge in [0.05, 0.1) is 6.04 Å². The zero-order chi connectivity index (χ0) is 17.5. The van der Waals surface area contributed by atoms with Gasteiger partial charge in [-0.2, -0.15) is 0 Å². The summed E-state index contributed by atoms with van der Waals surface area (Å²) >= 11 is 3.47. The molecule has 0 aliphatic heterocycles. The second-order valence-electron chi connectivity index (χ2n) is 5.31.